The van der Waals surface area contributed by atoms with E-state index in [1.165, 1.54) is 0 Å². The van der Waals surface area contributed by atoms with Gasteiger partial charge in [-0.2, -0.15) is 0 Å². The van der Waals surface area contributed by atoms with Crippen molar-refractivity contribution < 1.29 is 0 Å². The van der Waals surface area contributed by atoms with E-state index >= 15 is 0 Å². The molecule has 0 unspecified atom stereocenters. The van der Waals surface area contributed by atoms with Gasteiger partial charge >= 0.3 is 0 Å². The van der Waals surface area contributed by atoms with E-state index in [1.54, 1.807) is 0 Å². The molecule has 78 valence electrons. The van der Waals surface area contributed by atoms with Crippen molar-refractivity contribution >= 4 is 33.2 Å². The Labute approximate surface area is 92.7 Å². The van der Waals surface area contributed by atoms with Crippen LogP contribution in [0, 0.1) is 0 Å². The Morgan fingerprint density at radius 3 is 2.62 bits per heavy atom. The summed E-state index contributed by atoms with van der Waals surface area (Å²) >= 11 is 0. The van der Waals surface area contributed by atoms with Crippen LogP contribution >= 0.6 is 0 Å². The third-order valence-corrected chi connectivity index (χ3v) is 2.71. The average Bonchev–Trinajstić information content (AvgIpc) is 2.27. The fourth-order valence-corrected chi connectivity index (χ4v) is 1.89. The number of anilines is 2. The van der Waals surface area contributed by atoms with Crippen molar-refractivity contribution in [2.24, 2.45) is 0 Å². The largest absolute Gasteiger partial charge is 0.399 e. The number of rotatable bonds is 0. The molecule has 0 radical (unpaired) electrons. The average molecular weight is 209 g/mol. The molecule has 3 nitrogen and oxygen atoms in total. The van der Waals surface area contributed by atoms with Crippen molar-refractivity contribution in [3.8, 4) is 0 Å². The predicted octanol–water partition coefficient (Wildman–Crippen LogP) is 2.55. The Hall–Kier alpha value is -2.29. The van der Waals surface area contributed by atoms with Crippen LogP contribution in [-0.4, -0.2) is 4.98 Å². The third-order valence-electron chi connectivity index (χ3n) is 2.71. The number of benzene rings is 2. The van der Waals surface area contributed by atoms with Gasteiger partial charge in [0.05, 0.1) is 11.0 Å². The summed E-state index contributed by atoms with van der Waals surface area (Å²) in [6.45, 7) is 0. The lowest BCUT2D eigenvalue weighted by atomic mass is 10.1. The molecule has 0 amide bonds. The molecule has 3 rings (SSSR count). The highest BCUT2D eigenvalue weighted by Crippen LogP contribution is 2.24. The zero-order valence-corrected chi connectivity index (χ0v) is 8.64. The zero-order valence-electron chi connectivity index (χ0n) is 8.64. The summed E-state index contributed by atoms with van der Waals surface area (Å²) in [5, 5.41) is 2.04. The number of hydrogen-bond donors (Lipinski definition) is 2. The molecule has 0 bridgehead atoms. The van der Waals surface area contributed by atoms with Gasteiger partial charge in [-0.3, -0.25) is 0 Å². The Kier molecular flexibility index (Phi) is 1.74. The first-order valence-electron chi connectivity index (χ1n) is 5.08. The van der Waals surface area contributed by atoms with E-state index in [1.807, 2.05) is 42.5 Å². The van der Waals surface area contributed by atoms with E-state index < -0.39 is 0 Å². The van der Waals surface area contributed by atoms with E-state index in [-0.39, 0.29) is 0 Å². The van der Waals surface area contributed by atoms with Crippen LogP contribution in [0.2, 0.25) is 0 Å². The first-order valence-corrected chi connectivity index (χ1v) is 5.08. The number of hydrogen-bond acceptors (Lipinski definition) is 3. The van der Waals surface area contributed by atoms with Crippen molar-refractivity contribution in [2.75, 3.05) is 11.5 Å². The lowest BCUT2D eigenvalue weighted by Crippen LogP contribution is -1.90. The molecule has 0 spiro atoms. The Balaban J connectivity index is 2.49. The number of pyridine rings is 1. The second-order valence-corrected chi connectivity index (χ2v) is 3.85. The van der Waals surface area contributed by atoms with Gasteiger partial charge in [0.2, 0.25) is 0 Å². The van der Waals surface area contributed by atoms with Gasteiger partial charge in [-0.15, -0.1) is 0 Å². The molecule has 0 fully saturated rings. The van der Waals surface area contributed by atoms with Crippen LogP contribution < -0.4 is 11.5 Å². The molecule has 0 atom stereocenters. The number of nitrogens with two attached hydrogens (primary N) is 2. The summed E-state index contributed by atoms with van der Waals surface area (Å²) < 4.78 is 0. The summed E-state index contributed by atoms with van der Waals surface area (Å²) in [6.07, 6.45) is 0. The number of aromatic nitrogens is 1. The van der Waals surface area contributed by atoms with Gasteiger partial charge in [0.15, 0.2) is 0 Å². The lowest BCUT2D eigenvalue weighted by molar-refractivity contribution is 1.50. The van der Waals surface area contributed by atoms with Gasteiger partial charge in [-0.25, -0.2) is 4.98 Å². The predicted molar refractivity (Wildman–Crippen MR) is 68.1 cm³/mol. The minimum atomic E-state index is 0.725. The van der Waals surface area contributed by atoms with Crippen molar-refractivity contribution in [2.45, 2.75) is 0 Å². The molecular weight excluding hydrogens is 198 g/mol. The van der Waals surface area contributed by atoms with Gasteiger partial charge in [0.25, 0.3) is 0 Å². The maximum Gasteiger partial charge on any atom is 0.0730 e. The van der Waals surface area contributed by atoms with Crippen LogP contribution in [0.1, 0.15) is 0 Å². The molecule has 4 N–H and O–H groups in total. The molecule has 16 heavy (non-hydrogen) atoms. The highest BCUT2D eigenvalue weighted by molar-refractivity contribution is 5.99. The summed E-state index contributed by atoms with van der Waals surface area (Å²) in [6, 6.07) is 13.5. The Morgan fingerprint density at radius 1 is 0.875 bits per heavy atom. The van der Waals surface area contributed by atoms with Gasteiger partial charge in [0, 0.05) is 22.1 Å². The van der Waals surface area contributed by atoms with Crippen LogP contribution in [0.15, 0.2) is 42.5 Å². The minimum Gasteiger partial charge on any atom is -0.399 e. The van der Waals surface area contributed by atoms with E-state index in [0.29, 0.717) is 0 Å². The first kappa shape index (κ1) is 8.97. The molecule has 3 heteroatoms. The highest BCUT2D eigenvalue weighted by Gasteiger charge is 2.02. The molecule has 0 aliphatic rings. The van der Waals surface area contributed by atoms with Gasteiger partial charge in [-0.05, 0) is 30.3 Å². The van der Waals surface area contributed by atoms with Gasteiger partial charge in [0.1, 0.15) is 0 Å². The van der Waals surface area contributed by atoms with Gasteiger partial charge in [-0.1, -0.05) is 12.1 Å². The molecule has 1 heterocycles. The molecule has 0 saturated heterocycles. The van der Waals surface area contributed by atoms with Gasteiger partial charge < -0.3 is 11.5 Å². The molecule has 1 aromatic heterocycles. The standard InChI is InChI=1S/C13H11N3/c14-9-5-4-8-6-10-11(15)2-1-3-12(10)16-13(8)7-9/h1-7H,14-15H2. The molecule has 0 aliphatic heterocycles. The zero-order chi connectivity index (χ0) is 11.1. The van der Waals surface area contributed by atoms with E-state index in [2.05, 4.69) is 4.98 Å². The quantitative estimate of drug-likeness (QED) is 0.441. The maximum absolute atomic E-state index is 5.91. The number of fused-ring (bicyclic) bond motifs is 2. The number of nitrogen functional groups attached to an aromatic ring is 2. The smallest absolute Gasteiger partial charge is 0.0730 e. The lowest BCUT2D eigenvalue weighted by Gasteiger charge is -2.04. The Morgan fingerprint density at radius 2 is 1.75 bits per heavy atom. The fraction of sp³-hybridized carbons (Fsp3) is 0. The van der Waals surface area contributed by atoms with Crippen molar-refractivity contribution in [3.05, 3.63) is 42.5 Å². The topological polar surface area (TPSA) is 64.9 Å². The maximum atomic E-state index is 5.91. The minimum absolute atomic E-state index is 0.725. The van der Waals surface area contributed by atoms with E-state index in [4.69, 9.17) is 11.5 Å². The van der Waals surface area contributed by atoms with Crippen LogP contribution in [-0.2, 0) is 0 Å². The normalized spacial score (nSPS) is 11.0. The van der Waals surface area contributed by atoms with E-state index in [0.717, 1.165) is 33.2 Å². The van der Waals surface area contributed by atoms with Crippen molar-refractivity contribution in [1.29, 1.82) is 0 Å². The second kappa shape index (κ2) is 3.10. The van der Waals surface area contributed by atoms with Crippen molar-refractivity contribution in [3.63, 3.8) is 0 Å². The number of nitrogens with zero attached hydrogens (tertiary/aromatic N) is 1. The fourth-order valence-electron chi connectivity index (χ4n) is 1.89. The van der Waals surface area contributed by atoms with Crippen LogP contribution in [0.4, 0.5) is 11.4 Å². The molecule has 0 saturated carbocycles. The summed E-state index contributed by atoms with van der Waals surface area (Å²) in [7, 11) is 0. The summed E-state index contributed by atoms with van der Waals surface area (Å²) in [4.78, 5) is 4.54. The van der Waals surface area contributed by atoms with E-state index in [9.17, 15) is 0 Å². The monoisotopic (exact) mass is 209 g/mol. The first-order chi connectivity index (χ1) is 7.74. The molecular formula is C13H11N3. The summed E-state index contributed by atoms with van der Waals surface area (Å²) in [5.41, 5.74) is 14.9. The van der Waals surface area contributed by atoms with Crippen LogP contribution in [0.25, 0.3) is 21.8 Å². The third kappa shape index (κ3) is 1.26. The molecule has 2 aromatic carbocycles. The highest BCUT2D eigenvalue weighted by atomic mass is 14.7. The van der Waals surface area contributed by atoms with Crippen LogP contribution in [0.5, 0.6) is 0 Å². The Bertz CT molecular complexity index is 688. The SMILES string of the molecule is Nc1ccc2cc3c(N)cccc3nc2c1. The second-order valence-electron chi connectivity index (χ2n) is 3.85. The summed E-state index contributed by atoms with van der Waals surface area (Å²) in [5.74, 6) is 0. The molecule has 3 aromatic rings. The van der Waals surface area contributed by atoms with Crippen molar-refractivity contribution in [1.82, 2.24) is 4.98 Å². The van der Waals surface area contributed by atoms with Crippen LogP contribution in [0.3, 0.4) is 0 Å². The molecule has 0 aliphatic carbocycles.